The van der Waals surface area contributed by atoms with Gasteiger partial charge in [0.05, 0.1) is 16.5 Å². The van der Waals surface area contributed by atoms with Gasteiger partial charge in [-0.05, 0) is 48.9 Å². The van der Waals surface area contributed by atoms with E-state index in [1.165, 1.54) is 36.4 Å². The summed E-state index contributed by atoms with van der Waals surface area (Å²) in [5.41, 5.74) is -0.284. The SMILES string of the molecule is CCNS(=O)(=O)c1ccc(C(=O)N[C@@H](C)c2cccc(C(F)(F)F)c2)cc1. The maximum Gasteiger partial charge on any atom is 0.416 e. The molecule has 2 aromatic carbocycles. The molecule has 27 heavy (non-hydrogen) atoms. The Labute approximate surface area is 155 Å². The Balaban J connectivity index is 2.13. The first kappa shape index (κ1) is 20.9. The second-order valence-corrected chi connectivity index (χ2v) is 7.61. The zero-order chi connectivity index (χ0) is 20.2. The van der Waals surface area contributed by atoms with Crippen LogP contribution in [0.15, 0.2) is 53.4 Å². The molecule has 0 bridgehead atoms. The van der Waals surface area contributed by atoms with Gasteiger partial charge in [-0.3, -0.25) is 4.79 Å². The van der Waals surface area contributed by atoms with Crippen molar-refractivity contribution in [1.29, 1.82) is 0 Å². The minimum absolute atomic E-state index is 0.0202. The standard InChI is InChI=1S/C18H19F3N2O3S/c1-3-22-27(25,26)16-9-7-13(8-10-16)17(24)23-12(2)14-5-4-6-15(11-14)18(19,20)21/h4-12,22H,3H2,1-2H3,(H,23,24)/t12-/m0/s1. The summed E-state index contributed by atoms with van der Waals surface area (Å²) >= 11 is 0. The molecule has 0 radical (unpaired) electrons. The third kappa shape index (κ3) is 5.30. The van der Waals surface area contributed by atoms with Gasteiger partial charge in [0.15, 0.2) is 0 Å². The molecule has 2 N–H and O–H groups in total. The molecule has 1 amide bonds. The summed E-state index contributed by atoms with van der Waals surface area (Å²) in [6, 6.07) is 9.33. The third-order valence-electron chi connectivity index (χ3n) is 3.82. The van der Waals surface area contributed by atoms with E-state index in [4.69, 9.17) is 0 Å². The predicted molar refractivity (Wildman–Crippen MR) is 94.6 cm³/mol. The molecule has 0 aliphatic carbocycles. The predicted octanol–water partition coefficient (Wildman–Crippen LogP) is 3.49. The van der Waals surface area contributed by atoms with Gasteiger partial charge in [0.2, 0.25) is 10.0 Å². The minimum Gasteiger partial charge on any atom is -0.346 e. The summed E-state index contributed by atoms with van der Waals surface area (Å²) < 4.78 is 64.5. The lowest BCUT2D eigenvalue weighted by molar-refractivity contribution is -0.137. The smallest absolute Gasteiger partial charge is 0.346 e. The molecule has 1 atom stereocenters. The van der Waals surface area contributed by atoms with Gasteiger partial charge in [-0.25, -0.2) is 13.1 Å². The number of carbonyl (C=O) groups is 1. The molecular weight excluding hydrogens is 381 g/mol. The van der Waals surface area contributed by atoms with Crippen LogP contribution in [0.4, 0.5) is 13.2 Å². The van der Waals surface area contributed by atoms with Crippen molar-refractivity contribution < 1.29 is 26.4 Å². The first-order valence-corrected chi connectivity index (χ1v) is 9.60. The Kier molecular flexibility index (Phi) is 6.27. The van der Waals surface area contributed by atoms with Gasteiger partial charge < -0.3 is 5.32 Å². The van der Waals surface area contributed by atoms with Crippen molar-refractivity contribution in [3.8, 4) is 0 Å². The Hall–Kier alpha value is -2.39. The van der Waals surface area contributed by atoms with Crippen LogP contribution in [0, 0.1) is 0 Å². The third-order valence-corrected chi connectivity index (χ3v) is 5.38. The Bertz CT molecular complexity index is 910. The van der Waals surface area contributed by atoms with Crippen LogP contribution in [0.2, 0.25) is 0 Å². The van der Waals surface area contributed by atoms with E-state index in [-0.39, 0.29) is 17.0 Å². The summed E-state index contributed by atoms with van der Waals surface area (Å²) in [6.07, 6.45) is -4.46. The van der Waals surface area contributed by atoms with Crippen LogP contribution in [0.5, 0.6) is 0 Å². The first-order chi connectivity index (χ1) is 12.5. The second-order valence-electron chi connectivity index (χ2n) is 5.84. The molecule has 0 unspecified atom stereocenters. The van der Waals surface area contributed by atoms with Gasteiger partial charge in [0.1, 0.15) is 0 Å². The van der Waals surface area contributed by atoms with Gasteiger partial charge in [-0.2, -0.15) is 13.2 Å². The topological polar surface area (TPSA) is 75.3 Å². The largest absolute Gasteiger partial charge is 0.416 e. The summed E-state index contributed by atoms with van der Waals surface area (Å²) in [7, 11) is -3.63. The Morgan fingerprint density at radius 3 is 2.30 bits per heavy atom. The number of hydrogen-bond donors (Lipinski definition) is 2. The van der Waals surface area contributed by atoms with Crippen LogP contribution in [-0.4, -0.2) is 20.9 Å². The van der Waals surface area contributed by atoms with E-state index < -0.39 is 33.7 Å². The van der Waals surface area contributed by atoms with Crippen LogP contribution < -0.4 is 10.0 Å². The number of benzene rings is 2. The van der Waals surface area contributed by atoms with Gasteiger partial charge in [0.25, 0.3) is 5.91 Å². The summed E-state index contributed by atoms with van der Waals surface area (Å²) in [5.74, 6) is -0.521. The van der Waals surface area contributed by atoms with Crippen molar-refractivity contribution in [2.45, 2.75) is 31.0 Å². The van der Waals surface area contributed by atoms with Gasteiger partial charge in [0, 0.05) is 12.1 Å². The van der Waals surface area contributed by atoms with Crippen LogP contribution in [0.25, 0.3) is 0 Å². The molecule has 0 aliphatic heterocycles. The molecule has 2 aromatic rings. The quantitative estimate of drug-likeness (QED) is 0.779. The van der Waals surface area contributed by atoms with Gasteiger partial charge in [-0.1, -0.05) is 19.1 Å². The van der Waals surface area contributed by atoms with E-state index >= 15 is 0 Å². The highest BCUT2D eigenvalue weighted by molar-refractivity contribution is 7.89. The summed E-state index contributed by atoms with van der Waals surface area (Å²) in [6.45, 7) is 3.45. The maximum atomic E-state index is 12.8. The molecule has 0 spiro atoms. The monoisotopic (exact) mass is 400 g/mol. The van der Waals surface area contributed by atoms with Crippen molar-refractivity contribution in [2.24, 2.45) is 0 Å². The number of sulfonamides is 1. The zero-order valence-corrected chi connectivity index (χ0v) is 15.5. The molecule has 9 heteroatoms. The molecule has 0 heterocycles. The molecule has 0 aliphatic rings. The fraction of sp³-hybridized carbons (Fsp3) is 0.278. The van der Waals surface area contributed by atoms with Gasteiger partial charge >= 0.3 is 6.18 Å². The first-order valence-electron chi connectivity index (χ1n) is 8.12. The summed E-state index contributed by atoms with van der Waals surface area (Å²) in [5, 5.41) is 2.60. The van der Waals surface area contributed by atoms with Crippen molar-refractivity contribution >= 4 is 15.9 Å². The van der Waals surface area contributed by atoms with E-state index in [0.717, 1.165) is 12.1 Å². The number of alkyl halides is 3. The van der Waals surface area contributed by atoms with Crippen molar-refractivity contribution in [2.75, 3.05) is 6.54 Å². The Morgan fingerprint density at radius 1 is 1.11 bits per heavy atom. The van der Waals surface area contributed by atoms with E-state index in [2.05, 4.69) is 10.0 Å². The lowest BCUT2D eigenvalue weighted by Gasteiger charge is -2.16. The molecule has 0 aromatic heterocycles. The number of halogens is 3. The number of rotatable bonds is 6. The molecule has 0 fully saturated rings. The number of nitrogens with one attached hydrogen (secondary N) is 2. The van der Waals surface area contributed by atoms with E-state index in [9.17, 15) is 26.4 Å². The van der Waals surface area contributed by atoms with Crippen molar-refractivity contribution in [3.63, 3.8) is 0 Å². The van der Waals surface area contributed by atoms with Crippen LogP contribution in [0.3, 0.4) is 0 Å². The lowest BCUT2D eigenvalue weighted by Crippen LogP contribution is -2.27. The summed E-state index contributed by atoms with van der Waals surface area (Å²) in [4.78, 5) is 12.3. The molecular formula is C18H19F3N2O3S. The zero-order valence-electron chi connectivity index (χ0n) is 14.7. The fourth-order valence-electron chi connectivity index (χ4n) is 2.41. The lowest BCUT2D eigenvalue weighted by atomic mass is 10.0. The highest BCUT2D eigenvalue weighted by atomic mass is 32.2. The fourth-order valence-corrected chi connectivity index (χ4v) is 3.45. The van der Waals surface area contributed by atoms with Crippen molar-refractivity contribution in [1.82, 2.24) is 10.0 Å². The average Bonchev–Trinajstić information content (AvgIpc) is 2.61. The maximum absolute atomic E-state index is 12.8. The molecule has 146 valence electrons. The highest BCUT2D eigenvalue weighted by Crippen LogP contribution is 2.30. The van der Waals surface area contributed by atoms with E-state index in [1.54, 1.807) is 13.8 Å². The number of hydrogen-bond acceptors (Lipinski definition) is 3. The minimum atomic E-state index is -4.46. The normalized spacial score (nSPS) is 13.2. The molecule has 0 saturated carbocycles. The molecule has 2 rings (SSSR count). The van der Waals surface area contributed by atoms with E-state index in [0.29, 0.717) is 5.56 Å². The highest BCUT2D eigenvalue weighted by Gasteiger charge is 2.30. The molecule has 5 nitrogen and oxygen atoms in total. The number of carbonyl (C=O) groups excluding carboxylic acids is 1. The van der Waals surface area contributed by atoms with Gasteiger partial charge in [-0.15, -0.1) is 0 Å². The second kappa shape index (κ2) is 8.10. The molecule has 0 saturated heterocycles. The van der Waals surface area contributed by atoms with Crippen LogP contribution in [0.1, 0.15) is 41.4 Å². The average molecular weight is 400 g/mol. The Morgan fingerprint density at radius 2 is 1.74 bits per heavy atom. The van der Waals surface area contributed by atoms with Crippen LogP contribution in [-0.2, 0) is 16.2 Å². The van der Waals surface area contributed by atoms with Crippen molar-refractivity contribution in [3.05, 3.63) is 65.2 Å². The van der Waals surface area contributed by atoms with Crippen LogP contribution >= 0.6 is 0 Å². The number of amides is 1. The van der Waals surface area contributed by atoms with E-state index in [1.807, 2.05) is 0 Å².